The first kappa shape index (κ1) is 13.3. The van der Waals surface area contributed by atoms with E-state index in [0.29, 0.717) is 0 Å². The Morgan fingerprint density at radius 3 is 2.29 bits per heavy atom. The summed E-state index contributed by atoms with van der Waals surface area (Å²) in [5, 5.41) is 8.77. The molecule has 1 amide bonds. The molecule has 1 heterocycles. The smallest absolute Gasteiger partial charge is 0.412 e. The third-order valence-corrected chi connectivity index (χ3v) is 2.82. The van der Waals surface area contributed by atoms with Crippen LogP contribution in [0.1, 0.15) is 6.92 Å². The first-order chi connectivity index (χ1) is 7.82. The van der Waals surface area contributed by atoms with Gasteiger partial charge in [-0.3, -0.25) is 18.8 Å². The number of amides is 1. The van der Waals surface area contributed by atoms with Gasteiger partial charge in [-0.15, -0.1) is 0 Å². The Morgan fingerprint density at radius 1 is 1.35 bits per heavy atom. The third-order valence-electron chi connectivity index (χ3n) is 2.39. The number of rotatable bonds is 2. The van der Waals surface area contributed by atoms with Crippen LogP contribution >= 0.6 is 11.6 Å². The van der Waals surface area contributed by atoms with E-state index in [1.165, 1.54) is 14.1 Å². The molecule has 1 aromatic rings. The summed E-state index contributed by atoms with van der Waals surface area (Å²) in [5.74, 6) is 0. The van der Waals surface area contributed by atoms with Crippen LogP contribution in [0, 0.1) is 0 Å². The minimum atomic E-state index is -1.30. The van der Waals surface area contributed by atoms with Crippen molar-refractivity contribution < 1.29 is 9.90 Å². The van der Waals surface area contributed by atoms with Gasteiger partial charge in [0.1, 0.15) is 10.8 Å². The van der Waals surface area contributed by atoms with Gasteiger partial charge in [-0.2, -0.15) is 0 Å². The Hall–Kier alpha value is -1.76. The molecule has 1 N–H and O–H groups in total. The zero-order valence-corrected chi connectivity index (χ0v) is 10.4. The number of nitrogens with zero attached hydrogens (tertiary/aromatic N) is 3. The fourth-order valence-electron chi connectivity index (χ4n) is 1.42. The van der Waals surface area contributed by atoms with Crippen molar-refractivity contribution >= 4 is 23.4 Å². The van der Waals surface area contributed by atoms with Gasteiger partial charge in [-0.1, -0.05) is 11.6 Å². The van der Waals surface area contributed by atoms with Gasteiger partial charge < -0.3 is 5.11 Å². The molecular weight excluding hydrogens is 250 g/mol. The highest BCUT2D eigenvalue weighted by Crippen LogP contribution is 2.19. The maximum absolute atomic E-state index is 11.8. The van der Waals surface area contributed by atoms with Crippen molar-refractivity contribution in [3.8, 4) is 0 Å². The molecule has 94 valence electrons. The van der Waals surface area contributed by atoms with Gasteiger partial charge in [0, 0.05) is 20.6 Å². The largest absolute Gasteiger partial charge is 0.465 e. The number of halogens is 1. The van der Waals surface area contributed by atoms with Crippen LogP contribution in [0.2, 0.25) is 5.15 Å². The number of hydrogen-bond donors (Lipinski definition) is 1. The molecule has 0 radical (unpaired) electrons. The second-order valence-electron chi connectivity index (χ2n) is 3.37. The summed E-state index contributed by atoms with van der Waals surface area (Å²) in [4.78, 5) is 35.1. The summed E-state index contributed by atoms with van der Waals surface area (Å²) in [7, 11) is 2.63. The lowest BCUT2D eigenvalue weighted by atomic mass is 10.4. The van der Waals surface area contributed by atoms with Gasteiger partial charge in [-0.05, 0) is 6.92 Å². The Morgan fingerprint density at radius 2 is 1.88 bits per heavy atom. The maximum Gasteiger partial charge on any atom is 0.412 e. The van der Waals surface area contributed by atoms with Gasteiger partial charge in [0.25, 0.3) is 5.56 Å². The van der Waals surface area contributed by atoms with Crippen LogP contribution in [-0.2, 0) is 14.1 Å². The van der Waals surface area contributed by atoms with Crippen molar-refractivity contribution in [2.24, 2.45) is 14.1 Å². The summed E-state index contributed by atoms with van der Waals surface area (Å²) in [6, 6.07) is 0. The topological polar surface area (TPSA) is 84.5 Å². The highest BCUT2D eigenvalue weighted by Gasteiger charge is 2.23. The van der Waals surface area contributed by atoms with E-state index in [0.717, 1.165) is 14.0 Å². The zero-order chi connectivity index (χ0) is 13.3. The normalized spacial score (nSPS) is 10.4. The fourth-order valence-corrected chi connectivity index (χ4v) is 1.67. The van der Waals surface area contributed by atoms with Crippen molar-refractivity contribution in [1.29, 1.82) is 0 Å². The fraction of sp³-hybridized carbons (Fsp3) is 0.444. The highest BCUT2D eigenvalue weighted by atomic mass is 35.5. The molecule has 0 saturated heterocycles. The summed E-state index contributed by atoms with van der Waals surface area (Å²) in [6.07, 6.45) is -1.30. The molecule has 17 heavy (non-hydrogen) atoms. The molecule has 1 aromatic heterocycles. The van der Waals surface area contributed by atoms with Crippen LogP contribution < -0.4 is 16.1 Å². The predicted molar refractivity (Wildman–Crippen MR) is 63.0 cm³/mol. The standard InChI is InChI=1S/C9H12ClN3O4/c1-4-13(9(16)17)5-6(10)11(2)8(15)12(3)7(5)14/h4H2,1-3H3,(H,16,17). The van der Waals surface area contributed by atoms with Crippen molar-refractivity contribution in [2.75, 3.05) is 11.4 Å². The molecular formula is C9H12ClN3O4. The van der Waals surface area contributed by atoms with E-state index in [-0.39, 0.29) is 17.4 Å². The van der Waals surface area contributed by atoms with E-state index in [1.807, 2.05) is 0 Å². The lowest BCUT2D eigenvalue weighted by molar-refractivity contribution is 0.202. The SMILES string of the molecule is CCN(C(=O)O)c1c(Cl)n(C)c(=O)n(C)c1=O. The van der Waals surface area contributed by atoms with Gasteiger partial charge >= 0.3 is 11.8 Å². The highest BCUT2D eigenvalue weighted by molar-refractivity contribution is 6.32. The van der Waals surface area contributed by atoms with E-state index < -0.39 is 17.3 Å². The Balaban J connectivity index is 3.71. The van der Waals surface area contributed by atoms with Crippen LogP contribution in [0.25, 0.3) is 0 Å². The molecule has 0 aliphatic rings. The average Bonchev–Trinajstić information content (AvgIpc) is 2.29. The number of carboxylic acid groups (broad SMARTS) is 1. The lowest BCUT2D eigenvalue weighted by Gasteiger charge is -2.19. The molecule has 0 fully saturated rings. The molecule has 1 rings (SSSR count). The van der Waals surface area contributed by atoms with E-state index in [4.69, 9.17) is 16.7 Å². The van der Waals surface area contributed by atoms with Crippen molar-refractivity contribution in [2.45, 2.75) is 6.92 Å². The minimum Gasteiger partial charge on any atom is -0.465 e. The molecule has 0 aliphatic heterocycles. The summed E-state index contributed by atoms with van der Waals surface area (Å²) in [5.41, 5.74) is -1.56. The van der Waals surface area contributed by atoms with Gasteiger partial charge in [-0.25, -0.2) is 9.59 Å². The number of anilines is 1. The van der Waals surface area contributed by atoms with Gasteiger partial charge in [0.2, 0.25) is 0 Å². The molecule has 0 atom stereocenters. The third kappa shape index (κ3) is 2.05. The second-order valence-corrected chi connectivity index (χ2v) is 3.73. The van der Waals surface area contributed by atoms with Crippen molar-refractivity contribution in [1.82, 2.24) is 9.13 Å². The molecule has 0 saturated carbocycles. The maximum atomic E-state index is 11.8. The molecule has 0 aromatic carbocycles. The van der Waals surface area contributed by atoms with Crippen LogP contribution in [0.3, 0.4) is 0 Å². The lowest BCUT2D eigenvalue weighted by Crippen LogP contribution is -2.43. The van der Waals surface area contributed by atoms with E-state index in [9.17, 15) is 14.4 Å². The molecule has 0 unspecified atom stereocenters. The van der Waals surface area contributed by atoms with E-state index in [2.05, 4.69) is 0 Å². The van der Waals surface area contributed by atoms with Crippen LogP contribution in [0.4, 0.5) is 10.5 Å². The molecule has 0 aliphatic carbocycles. The Bertz CT molecular complexity index is 575. The molecule has 0 spiro atoms. The number of aromatic nitrogens is 2. The van der Waals surface area contributed by atoms with Crippen LogP contribution in [0.5, 0.6) is 0 Å². The first-order valence-corrected chi connectivity index (χ1v) is 5.16. The quantitative estimate of drug-likeness (QED) is 0.773. The number of hydrogen-bond acceptors (Lipinski definition) is 3. The molecule has 8 heteroatoms. The van der Waals surface area contributed by atoms with Crippen molar-refractivity contribution in [3.63, 3.8) is 0 Å². The minimum absolute atomic E-state index is 0.0580. The molecule has 0 bridgehead atoms. The van der Waals surface area contributed by atoms with Gasteiger partial charge in [0.05, 0.1) is 0 Å². The van der Waals surface area contributed by atoms with E-state index in [1.54, 1.807) is 6.92 Å². The zero-order valence-electron chi connectivity index (χ0n) is 9.60. The summed E-state index contributed by atoms with van der Waals surface area (Å²) >= 11 is 5.84. The Kier molecular flexibility index (Phi) is 3.62. The summed E-state index contributed by atoms with van der Waals surface area (Å²) in [6.45, 7) is 1.62. The molecule has 7 nitrogen and oxygen atoms in total. The average molecular weight is 262 g/mol. The van der Waals surface area contributed by atoms with Crippen LogP contribution in [-0.4, -0.2) is 26.9 Å². The first-order valence-electron chi connectivity index (χ1n) is 4.78. The Labute approximate surface area is 101 Å². The predicted octanol–water partition coefficient (Wildman–Crippen LogP) is 0.242. The van der Waals surface area contributed by atoms with Gasteiger partial charge in [0.15, 0.2) is 0 Å². The van der Waals surface area contributed by atoms with Crippen LogP contribution in [0.15, 0.2) is 9.59 Å². The second kappa shape index (κ2) is 4.62. The monoisotopic (exact) mass is 261 g/mol. The summed E-state index contributed by atoms with van der Waals surface area (Å²) < 4.78 is 1.83. The van der Waals surface area contributed by atoms with Crippen molar-refractivity contribution in [3.05, 3.63) is 26.0 Å². The number of carbonyl (C=O) groups is 1. The van der Waals surface area contributed by atoms with E-state index >= 15 is 0 Å².